The minimum absolute atomic E-state index is 0.409. The first-order valence-corrected chi connectivity index (χ1v) is 5.77. The summed E-state index contributed by atoms with van der Waals surface area (Å²) in [6.45, 7) is 0. The minimum Gasteiger partial charge on any atom is -0.366 e. The molecule has 84 valence electrons. The molecule has 0 atom stereocenters. The number of rotatable bonds is 2. The molecule has 0 radical (unpaired) electrons. The summed E-state index contributed by atoms with van der Waals surface area (Å²) in [5.41, 5.74) is 9.01. The zero-order valence-electron chi connectivity index (χ0n) is 9.44. The predicted octanol–water partition coefficient (Wildman–Crippen LogP) is 2.44. The highest BCUT2D eigenvalue weighted by Crippen LogP contribution is 2.33. The molecule has 2 nitrogen and oxygen atoms in total. The third-order valence-electron chi connectivity index (χ3n) is 3.34. The van der Waals surface area contributed by atoms with Crippen molar-refractivity contribution in [3.05, 3.63) is 53.1 Å². The Morgan fingerprint density at radius 1 is 1.12 bits per heavy atom. The molecule has 3 rings (SSSR count). The van der Waals surface area contributed by atoms with Gasteiger partial charge < -0.3 is 5.73 Å². The Balaban J connectivity index is 2.25. The molecule has 2 N–H and O–H groups in total. The fraction of sp³-hybridized carbons (Fsp3) is 0.133. The molecule has 1 amide bonds. The van der Waals surface area contributed by atoms with Gasteiger partial charge in [0.1, 0.15) is 0 Å². The number of hydrogen-bond acceptors (Lipinski definition) is 1. The van der Waals surface area contributed by atoms with E-state index >= 15 is 0 Å². The van der Waals surface area contributed by atoms with Gasteiger partial charge in [0.2, 0.25) is 5.91 Å². The Morgan fingerprint density at radius 2 is 1.88 bits per heavy atom. The van der Waals surface area contributed by atoms with Gasteiger partial charge >= 0.3 is 0 Å². The van der Waals surface area contributed by atoms with Crippen LogP contribution in [-0.4, -0.2) is 5.91 Å². The van der Waals surface area contributed by atoms with E-state index in [-0.39, 0.29) is 0 Å². The van der Waals surface area contributed by atoms with Gasteiger partial charge in [-0.15, -0.1) is 0 Å². The van der Waals surface area contributed by atoms with Crippen molar-refractivity contribution < 1.29 is 4.79 Å². The number of hydrogen-bond donors (Lipinski definition) is 1. The lowest BCUT2D eigenvalue weighted by molar-refractivity contribution is -0.113. The first-order valence-electron chi connectivity index (χ1n) is 5.77. The fourth-order valence-electron chi connectivity index (χ4n) is 2.59. The van der Waals surface area contributed by atoms with Crippen molar-refractivity contribution in [3.8, 4) is 0 Å². The van der Waals surface area contributed by atoms with E-state index in [0.717, 1.165) is 18.4 Å². The number of nitrogens with two attached hydrogens (primary N) is 1. The lowest BCUT2D eigenvalue weighted by Gasteiger charge is -2.05. The van der Waals surface area contributed by atoms with Gasteiger partial charge in [0.05, 0.1) is 0 Å². The summed E-state index contributed by atoms with van der Waals surface area (Å²) >= 11 is 0. The Morgan fingerprint density at radius 3 is 2.65 bits per heavy atom. The van der Waals surface area contributed by atoms with E-state index in [1.54, 1.807) is 6.08 Å². The largest absolute Gasteiger partial charge is 0.366 e. The summed E-state index contributed by atoms with van der Waals surface area (Å²) in [7, 11) is 0. The molecule has 0 heterocycles. The summed E-state index contributed by atoms with van der Waals surface area (Å²) in [5, 5.41) is 2.58. The Kier molecular flexibility index (Phi) is 2.22. The number of aryl methyl sites for hydroxylation is 2. The third-order valence-corrected chi connectivity index (χ3v) is 3.34. The molecule has 0 fully saturated rings. The summed E-state index contributed by atoms with van der Waals surface area (Å²) in [5.74, 6) is -0.409. The molecule has 2 aromatic rings. The van der Waals surface area contributed by atoms with Crippen LogP contribution in [0, 0.1) is 0 Å². The highest BCUT2D eigenvalue weighted by Gasteiger charge is 2.14. The Hall–Kier alpha value is -2.09. The van der Waals surface area contributed by atoms with Crippen LogP contribution in [0.4, 0.5) is 0 Å². The van der Waals surface area contributed by atoms with Gasteiger partial charge in [-0.2, -0.15) is 0 Å². The van der Waals surface area contributed by atoms with Crippen LogP contribution in [0.15, 0.2) is 36.4 Å². The van der Waals surface area contributed by atoms with Crippen LogP contribution >= 0.6 is 0 Å². The molecule has 1 aliphatic carbocycles. The van der Waals surface area contributed by atoms with Crippen LogP contribution in [0.5, 0.6) is 0 Å². The van der Waals surface area contributed by atoms with Crippen LogP contribution < -0.4 is 5.73 Å². The molecule has 0 aliphatic heterocycles. The first kappa shape index (κ1) is 10.1. The molecule has 2 aromatic carbocycles. The van der Waals surface area contributed by atoms with Crippen LogP contribution in [0.3, 0.4) is 0 Å². The normalized spacial score (nSPS) is 13.6. The highest BCUT2D eigenvalue weighted by molar-refractivity contribution is 5.99. The molecule has 0 saturated carbocycles. The zero-order valence-corrected chi connectivity index (χ0v) is 9.44. The monoisotopic (exact) mass is 223 g/mol. The van der Waals surface area contributed by atoms with E-state index in [0.29, 0.717) is 0 Å². The van der Waals surface area contributed by atoms with E-state index < -0.39 is 5.91 Å². The summed E-state index contributed by atoms with van der Waals surface area (Å²) < 4.78 is 0. The molecular formula is C15H13NO. The lowest BCUT2D eigenvalue weighted by Crippen LogP contribution is -2.05. The maximum absolute atomic E-state index is 10.8. The summed E-state index contributed by atoms with van der Waals surface area (Å²) in [4.78, 5) is 10.8. The van der Waals surface area contributed by atoms with E-state index in [1.807, 2.05) is 0 Å². The second kappa shape index (κ2) is 3.74. The second-order valence-corrected chi connectivity index (χ2v) is 4.39. The fourth-order valence-corrected chi connectivity index (χ4v) is 2.59. The van der Waals surface area contributed by atoms with Crippen LogP contribution in [0.1, 0.15) is 16.7 Å². The van der Waals surface area contributed by atoms with Gasteiger partial charge in [0.25, 0.3) is 0 Å². The van der Waals surface area contributed by atoms with Crippen molar-refractivity contribution >= 4 is 22.8 Å². The molecule has 17 heavy (non-hydrogen) atoms. The number of amides is 1. The minimum atomic E-state index is -0.409. The van der Waals surface area contributed by atoms with Gasteiger partial charge in [-0.25, -0.2) is 0 Å². The third kappa shape index (κ3) is 1.62. The van der Waals surface area contributed by atoms with Gasteiger partial charge in [-0.1, -0.05) is 30.3 Å². The highest BCUT2D eigenvalue weighted by atomic mass is 16.1. The Labute approximate surface area is 99.7 Å². The zero-order chi connectivity index (χ0) is 11.8. The van der Waals surface area contributed by atoms with E-state index in [2.05, 4.69) is 30.3 Å². The SMILES string of the molecule is NC(=O)/C=C\c1ccc2c3c(cccc13)CC2. The van der Waals surface area contributed by atoms with Crippen LogP contribution in [-0.2, 0) is 17.6 Å². The van der Waals surface area contributed by atoms with Crippen molar-refractivity contribution in [1.82, 2.24) is 0 Å². The molecule has 0 bridgehead atoms. The van der Waals surface area contributed by atoms with Gasteiger partial charge in [-0.3, -0.25) is 4.79 Å². The van der Waals surface area contributed by atoms with Gasteiger partial charge in [0.15, 0.2) is 0 Å². The number of benzene rings is 2. The molecule has 0 saturated heterocycles. The van der Waals surface area contributed by atoms with Crippen molar-refractivity contribution in [1.29, 1.82) is 0 Å². The quantitative estimate of drug-likeness (QED) is 0.781. The van der Waals surface area contributed by atoms with Crippen LogP contribution in [0.25, 0.3) is 16.8 Å². The van der Waals surface area contributed by atoms with Crippen molar-refractivity contribution in [2.45, 2.75) is 12.8 Å². The number of carbonyl (C=O) groups excluding carboxylic acids is 1. The number of primary amides is 1. The maximum Gasteiger partial charge on any atom is 0.241 e. The Bertz CT molecular complexity index is 630. The van der Waals surface area contributed by atoms with Crippen molar-refractivity contribution in [2.75, 3.05) is 0 Å². The van der Waals surface area contributed by atoms with Gasteiger partial charge in [0, 0.05) is 6.08 Å². The topological polar surface area (TPSA) is 43.1 Å². The molecule has 1 aliphatic rings. The van der Waals surface area contributed by atoms with Crippen LogP contribution in [0.2, 0.25) is 0 Å². The summed E-state index contributed by atoms with van der Waals surface area (Å²) in [6, 6.07) is 10.6. The van der Waals surface area contributed by atoms with E-state index in [4.69, 9.17) is 5.73 Å². The van der Waals surface area contributed by atoms with E-state index in [9.17, 15) is 4.79 Å². The maximum atomic E-state index is 10.8. The molecule has 0 spiro atoms. The molecule has 0 unspecified atom stereocenters. The predicted molar refractivity (Wildman–Crippen MR) is 69.6 cm³/mol. The molecular weight excluding hydrogens is 210 g/mol. The molecule has 0 aromatic heterocycles. The average molecular weight is 223 g/mol. The lowest BCUT2D eigenvalue weighted by atomic mass is 10.00. The van der Waals surface area contributed by atoms with Crippen molar-refractivity contribution in [2.24, 2.45) is 5.73 Å². The van der Waals surface area contributed by atoms with Gasteiger partial charge in [-0.05, 0) is 46.4 Å². The number of carbonyl (C=O) groups is 1. The standard InChI is InChI=1S/C15H13NO/c16-14(17)9-8-10-4-5-12-7-6-11-2-1-3-13(10)15(11)12/h1-5,8-9H,6-7H2,(H2,16,17)/b9-8-. The van der Waals surface area contributed by atoms with E-state index in [1.165, 1.54) is 28.0 Å². The molecule has 2 heteroatoms. The van der Waals surface area contributed by atoms with Crippen molar-refractivity contribution in [3.63, 3.8) is 0 Å². The average Bonchev–Trinajstić information content (AvgIpc) is 2.74. The first-order chi connectivity index (χ1) is 8.25. The summed E-state index contributed by atoms with van der Waals surface area (Å²) in [6.07, 6.45) is 5.45. The smallest absolute Gasteiger partial charge is 0.241 e. The second-order valence-electron chi connectivity index (χ2n) is 4.39.